The van der Waals surface area contributed by atoms with E-state index < -0.39 is 5.60 Å². The summed E-state index contributed by atoms with van der Waals surface area (Å²) < 4.78 is 6.64. The quantitative estimate of drug-likeness (QED) is 0.736. The monoisotopic (exact) mass is 396 g/mol. The van der Waals surface area contributed by atoms with Crippen LogP contribution in [0.2, 0.25) is 0 Å². The summed E-state index contributed by atoms with van der Waals surface area (Å²) in [4.78, 5) is 16.6. The zero-order valence-electron chi connectivity index (χ0n) is 15.6. The lowest BCUT2D eigenvalue weighted by Gasteiger charge is -2.40. The van der Waals surface area contributed by atoms with Crippen molar-refractivity contribution in [2.45, 2.75) is 59.7 Å². The molecule has 5 heteroatoms. The molecule has 0 N–H and O–H groups in total. The van der Waals surface area contributed by atoms with Crippen LogP contribution in [0.25, 0.3) is 0 Å². The van der Waals surface area contributed by atoms with Gasteiger partial charge in [0.15, 0.2) is 0 Å². The third kappa shape index (κ3) is 4.96. The number of rotatable bonds is 2. The highest BCUT2D eigenvalue weighted by Crippen LogP contribution is 2.23. The van der Waals surface area contributed by atoms with Gasteiger partial charge in [0.05, 0.1) is 0 Å². The van der Waals surface area contributed by atoms with Crippen molar-refractivity contribution in [1.82, 2.24) is 9.80 Å². The maximum atomic E-state index is 12.3. The van der Waals surface area contributed by atoms with Gasteiger partial charge in [0, 0.05) is 36.7 Å². The summed E-state index contributed by atoms with van der Waals surface area (Å²) in [6, 6.07) is 4.50. The van der Waals surface area contributed by atoms with Crippen LogP contribution in [0.15, 0.2) is 16.6 Å². The van der Waals surface area contributed by atoms with E-state index in [1.807, 2.05) is 25.7 Å². The van der Waals surface area contributed by atoms with Crippen LogP contribution in [0.5, 0.6) is 0 Å². The molecule has 0 bridgehead atoms. The summed E-state index contributed by atoms with van der Waals surface area (Å²) in [5.74, 6) is 0. The Morgan fingerprint density at radius 2 is 1.83 bits per heavy atom. The number of hydrogen-bond donors (Lipinski definition) is 0. The van der Waals surface area contributed by atoms with Gasteiger partial charge in [0.25, 0.3) is 0 Å². The van der Waals surface area contributed by atoms with E-state index in [0.29, 0.717) is 6.54 Å². The topological polar surface area (TPSA) is 32.8 Å². The molecule has 0 unspecified atom stereocenters. The fourth-order valence-electron chi connectivity index (χ4n) is 3.18. The predicted octanol–water partition coefficient (Wildman–Crippen LogP) is 4.51. The molecule has 0 saturated carbocycles. The standard InChI is InChI=1S/C19H29BrN2O2/c1-13-9-16(20)10-14(2)17(13)12-21-7-8-22(15(3)11-21)18(23)24-19(4,5)6/h9-10,15H,7-8,11-12H2,1-6H3/t15-/m1/s1. The molecule has 1 aromatic carbocycles. The lowest BCUT2D eigenvalue weighted by atomic mass is 10.0. The average molecular weight is 397 g/mol. The minimum absolute atomic E-state index is 0.157. The number of hydrogen-bond acceptors (Lipinski definition) is 3. The summed E-state index contributed by atoms with van der Waals surface area (Å²) in [7, 11) is 0. The van der Waals surface area contributed by atoms with Crippen LogP contribution in [0.1, 0.15) is 44.4 Å². The van der Waals surface area contributed by atoms with E-state index in [-0.39, 0.29) is 12.1 Å². The summed E-state index contributed by atoms with van der Waals surface area (Å²) in [5, 5.41) is 0. The fraction of sp³-hybridized carbons (Fsp3) is 0.632. The molecule has 4 nitrogen and oxygen atoms in total. The second-order valence-corrected chi connectivity index (χ2v) is 8.69. The van der Waals surface area contributed by atoms with Gasteiger partial charge >= 0.3 is 6.09 Å². The van der Waals surface area contributed by atoms with Crippen molar-refractivity contribution >= 4 is 22.0 Å². The number of ether oxygens (including phenoxy) is 1. The second-order valence-electron chi connectivity index (χ2n) is 7.78. The highest BCUT2D eigenvalue weighted by molar-refractivity contribution is 9.10. The van der Waals surface area contributed by atoms with Crippen LogP contribution < -0.4 is 0 Å². The van der Waals surface area contributed by atoms with E-state index in [1.54, 1.807) is 0 Å². The first-order chi connectivity index (χ1) is 11.1. The van der Waals surface area contributed by atoms with Gasteiger partial charge in [0.2, 0.25) is 0 Å². The molecule has 134 valence electrons. The Morgan fingerprint density at radius 3 is 2.33 bits per heavy atom. The molecule has 1 aliphatic heterocycles. The van der Waals surface area contributed by atoms with Crippen molar-refractivity contribution in [1.29, 1.82) is 0 Å². The number of aryl methyl sites for hydroxylation is 2. The van der Waals surface area contributed by atoms with Crippen LogP contribution in [0, 0.1) is 13.8 Å². The SMILES string of the molecule is Cc1cc(Br)cc(C)c1CN1CCN(C(=O)OC(C)(C)C)[C@H](C)C1. The van der Waals surface area contributed by atoms with Crippen molar-refractivity contribution < 1.29 is 9.53 Å². The number of carbonyl (C=O) groups is 1. The zero-order valence-corrected chi connectivity index (χ0v) is 17.2. The van der Waals surface area contributed by atoms with Gasteiger partial charge in [-0.05, 0) is 70.4 Å². The van der Waals surface area contributed by atoms with Crippen LogP contribution in [0.4, 0.5) is 4.79 Å². The maximum Gasteiger partial charge on any atom is 0.410 e. The van der Waals surface area contributed by atoms with Gasteiger partial charge in [-0.1, -0.05) is 15.9 Å². The summed E-state index contributed by atoms with van der Waals surface area (Å²) >= 11 is 3.56. The van der Waals surface area contributed by atoms with Crippen molar-refractivity contribution in [2.24, 2.45) is 0 Å². The fourth-order valence-corrected chi connectivity index (χ4v) is 3.87. The van der Waals surface area contributed by atoms with Crippen molar-refractivity contribution in [3.63, 3.8) is 0 Å². The molecule has 24 heavy (non-hydrogen) atoms. The van der Waals surface area contributed by atoms with Crippen LogP contribution in [-0.4, -0.2) is 47.2 Å². The molecule has 0 aliphatic carbocycles. The van der Waals surface area contributed by atoms with Gasteiger partial charge in [-0.25, -0.2) is 4.79 Å². The van der Waals surface area contributed by atoms with Crippen molar-refractivity contribution in [3.8, 4) is 0 Å². The van der Waals surface area contributed by atoms with E-state index in [1.165, 1.54) is 16.7 Å². The average Bonchev–Trinajstić information content (AvgIpc) is 2.40. The molecule has 1 aliphatic rings. The Hall–Kier alpha value is -1.07. The van der Waals surface area contributed by atoms with Crippen LogP contribution in [-0.2, 0) is 11.3 Å². The van der Waals surface area contributed by atoms with Crippen molar-refractivity contribution in [2.75, 3.05) is 19.6 Å². The number of carbonyl (C=O) groups excluding carboxylic acids is 1. The number of benzene rings is 1. The molecule has 0 radical (unpaired) electrons. The van der Waals surface area contributed by atoms with Gasteiger partial charge < -0.3 is 9.64 Å². The summed E-state index contributed by atoms with van der Waals surface area (Å²) in [6.07, 6.45) is -0.203. The molecule has 1 saturated heterocycles. The number of halogens is 1. The Bertz CT molecular complexity index is 587. The molecule has 1 heterocycles. The first-order valence-corrected chi connectivity index (χ1v) is 9.33. The minimum atomic E-state index is -0.445. The normalized spacial score (nSPS) is 19.5. The highest BCUT2D eigenvalue weighted by atomic mass is 79.9. The Balaban J connectivity index is 2.00. The van der Waals surface area contributed by atoms with Crippen LogP contribution >= 0.6 is 15.9 Å². The molecule has 2 rings (SSSR count). The maximum absolute atomic E-state index is 12.3. The van der Waals surface area contributed by atoms with Gasteiger partial charge in [-0.15, -0.1) is 0 Å². The van der Waals surface area contributed by atoms with E-state index in [9.17, 15) is 4.79 Å². The molecule has 1 fully saturated rings. The first kappa shape index (κ1) is 19.3. The molecule has 0 spiro atoms. The van der Waals surface area contributed by atoms with Gasteiger partial charge in [0.1, 0.15) is 5.60 Å². The molecule has 1 aromatic rings. The number of piperazine rings is 1. The summed E-state index contributed by atoms with van der Waals surface area (Å²) in [5.41, 5.74) is 3.56. The van der Waals surface area contributed by atoms with E-state index in [4.69, 9.17) is 4.74 Å². The molecular formula is C19H29BrN2O2. The number of amides is 1. The minimum Gasteiger partial charge on any atom is -0.444 e. The third-order valence-corrected chi connectivity index (χ3v) is 4.84. The van der Waals surface area contributed by atoms with Gasteiger partial charge in [-0.2, -0.15) is 0 Å². The second kappa shape index (κ2) is 7.44. The molecule has 1 amide bonds. The summed E-state index contributed by atoms with van der Waals surface area (Å²) in [6.45, 7) is 15.5. The van der Waals surface area contributed by atoms with E-state index in [2.05, 4.69) is 53.7 Å². The largest absolute Gasteiger partial charge is 0.444 e. The lowest BCUT2D eigenvalue weighted by Crippen LogP contribution is -2.54. The Labute approximate surface area is 154 Å². The Kier molecular flexibility index (Phi) is 5.97. The van der Waals surface area contributed by atoms with Crippen LogP contribution in [0.3, 0.4) is 0 Å². The van der Waals surface area contributed by atoms with Crippen molar-refractivity contribution in [3.05, 3.63) is 33.3 Å². The molecular weight excluding hydrogens is 368 g/mol. The predicted molar refractivity (Wildman–Crippen MR) is 101 cm³/mol. The molecule has 0 aromatic heterocycles. The smallest absolute Gasteiger partial charge is 0.410 e. The lowest BCUT2D eigenvalue weighted by molar-refractivity contribution is 0.000512. The third-order valence-electron chi connectivity index (χ3n) is 4.38. The Morgan fingerprint density at radius 1 is 1.25 bits per heavy atom. The first-order valence-electron chi connectivity index (χ1n) is 8.54. The number of nitrogens with zero attached hydrogens (tertiary/aromatic N) is 2. The molecule has 1 atom stereocenters. The van der Waals surface area contributed by atoms with E-state index >= 15 is 0 Å². The van der Waals surface area contributed by atoms with E-state index in [0.717, 1.165) is 24.1 Å². The van der Waals surface area contributed by atoms with Gasteiger partial charge in [-0.3, -0.25) is 4.90 Å². The highest BCUT2D eigenvalue weighted by Gasteiger charge is 2.31. The zero-order chi connectivity index (χ0) is 18.1.